The third-order valence-corrected chi connectivity index (χ3v) is 6.47. The second-order valence-electron chi connectivity index (χ2n) is 8.99. The highest BCUT2D eigenvalue weighted by Gasteiger charge is 2.45. The molecule has 1 aliphatic heterocycles. The summed E-state index contributed by atoms with van der Waals surface area (Å²) in [4.78, 5) is 32.4. The number of benzene rings is 2. The Hall–Kier alpha value is -3.47. The zero-order chi connectivity index (χ0) is 23.3. The maximum absolute atomic E-state index is 13.2. The molecule has 3 aromatic rings. The number of aromatic nitrogens is 1. The number of aryl methyl sites for hydroxylation is 1. The first-order valence-electron chi connectivity index (χ1n) is 11.6. The highest BCUT2D eigenvalue weighted by Crippen LogP contribution is 2.36. The largest absolute Gasteiger partial charge is 0.356 e. The van der Waals surface area contributed by atoms with Crippen molar-refractivity contribution in [1.29, 1.82) is 0 Å². The SMILES string of the molecule is CCNC(=O)[C@]1(Cc2cccc(-c3cccnc3)c2)CCN(C(=O)Cc2ccc(C)cc2)C1. The van der Waals surface area contributed by atoms with E-state index < -0.39 is 5.41 Å². The van der Waals surface area contributed by atoms with Crippen LogP contribution in [0.25, 0.3) is 11.1 Å². The van der Waals surface area contributed by atoms with Crippen LogP contribution in [0.3, 0.4) is 0 Å². The zero-order valence-corrected chi connectivity index (χ0v) is 19.4. The van der Waals surface area contributed by atoms with Gasteiger partial charge < -0.3 is 10.2 Å². The van der Waals surface area contributed by atoms with Crippen LogP contribution in [0.4, 0.5) is 0 Å². The first kappa shape index (κ1) is 22.7. The number of rotatable bonds is 7. The fourth-order valence-corrected chi connectivity index (χ4v) is 4.62. The van der Waals surface area contributed by atoms with Crippen LogP contribution in [0.15, 0.2) is 73.1 Å². The highest BCUT2D eigenvalue weighted by molar-refractivity contribution is 5.86. The van der Waals surface area contributed by atoms with E-state index in [1.807, 2.05) is 67.4 Å². The fourth-order valence-electron chi connectivity index (χ4n) is 4.62. The number of hydrogen-bond donors (Lipinski definition) is 1. The molecule has 33 heavy (non-hydrogen) atoms. The van der Waals surface area contributed by atoms with Crippen molar-refractivity contribution in [2.24, 2.45) is 5.41 Å². The van der Waals surface area contributed by atoms with Crippen LogP contribution in [0.2, 0.25) is 0 Å². The van der Waals surface area contributed by atoms with Crippen LogP contribution in [-0.4, -0.2) is 41.3 Å². The molecule has 1 aromatic heterocycles. The molecule has 1 saturated heterocycles. The first-order chi connectivity index (χ1) is 16.0. The molecule has 0 unspecified atom stereocenters. The third kappa shape index (κ3) is 5.30. The Morgan fingerprint density at radius 3 is 2.55 bits per heavy atom. The van der Waals surface area contributed by atoms with E-state index >= 15 is 0 Å². The lowest BCUT2D eigenvalue weighted by Gasteiger charge is -2.28. The van der Waals surface area contributed by atoms with Crippen LogP contribution in [-0.2, 0) is 22.4 Å². The Balaban J connectivity index is 1.53. The molecule has 2 aromatic carbocycles. The van der Waals surface area contributed by atoms with Crippen LogP contribution in [0, 0.1) is 12.3 Å². The monoisotopic (exact) mass is 441 g/mol. The number of hydrogen-bond acceptors (Lipinski definition) is 3. The van der Waals surface area contributed by atoms with Gasteiger partial charge in [0.25, 0.3) is 0 Å². The Morgan fingerprint density at radius 2 is 1.82 bits per heavy atom. The minimum absolute atomic E-state index is 0.0300. The number of nitrogens with one attached hydrogen (secondary N) is 1. The summed E-state index contributed by atoms with van der Waals surface area (Å²) in [6.07, 6.45) is 5.23. The van der Waals surface area contributed by atoms with Gasteiger partial charge in [0, 0.05) is 32.0 Å². The summed E-state index contributed by atoms with van der Waals surface area (Å²) >= 11 is 0. The van der Waals surface area contributed by atoms with Gasteiger partial charge in [0.2, 0.25) is 11.8 Å². The molecule has 1 aliphatic rings. The van der Waals surface area contributed by atoms with E-state index in [1.165, 1.54) is 5.56 Å². The Kier molecular flexibility index (Phi) is 6.87. The van der Waals surface area contributed by atoms with Gasteiger partial charge in [-0.25, -0.2) is 0 Å². The van der Waals surface area contributed by atoms with Crippen LogP contribution < -0.4 is 5.32 Å². The number of nitrogens with zero attached hydrogens (tertiary/aromatic N) is 2. The van der Waals surface area contributed by atoms with Crippen molar-refractivity contribution >= 4 is 11.8 Å². The summed E-state index contributed by atoms with van der Waals surface area (Å²) in [6.45, 7) is 5.60. The van der Waals surface area contributed by atoms with Crippen molar-refractivity contribution < 1.29 is 9.59 Å². The predicted octanol–water partition coefficient (Wildman–Crippen LogP) is 4.20. The van der Waals surface area contributed by atoms with Crippen molar-refractivity contribution in [1.82, 2.24) is 15.2 Å². The molecule has 0 radical (unpaired) electrons. The second kappa shape index (κ2) is 9.99. The molecule has 0 spiro atoms. The molecule has 0 bridgehead atoms. The molecule has 0 saturated carbocycles. The topological polar surface area (TPSA) is 62.3 Å². The molecule has 0 aliphatic carbocycles. The summed E-state index contributed by atoms with van der Waals surface area (Å²) in [5.41, 5.74) is 4.79. The molecule has 2 amide bonds. The number of carbonyl (C=O) groups excluding carboxylic acids is 2. The fraction of sp³-hybridized carbons (Fsp3) is 0.321. The Labute approximate surface area is 195 Å². The van der Waals surface area contributed by atoms with Crippen molar-refractivity contribution in [3.63, 3.8) is 0 Å². The molecule has 5 nitrogen and oxygen atoms in total. The van der Waals surface area contributed by atoms with Gasteiger partial charge in [-0.1, -0.05) is 60.2 Å². The quantitative estimate of drug-likeness (QED) is 0.598. The molecule has 1 atom stereocenters. The highest BCUT2D eigenvalue weighted by atomic mass is 16.2. The van der Waals surface area contributed by atoms with Crippen molar-refractivity contribution in [2.45, 2.75) is 33.1 Å². The second-order valence-corrected chi connectivity index (χ2v) is 8.99. The lowest BCUT2D eigenvalue weighted by atomic mass is 9.79. The molecule has 4 rings (SSSR count). The van der Waals surface area contributed by atoms with Crippen molar-refractivity contribution in [2.75, 3.05) is 19.6 Å². The summed E-state index contributed by atoms with van der Waals surface area (Å²) in [7, 11) is 0. The smallest absolute Gasteiger partial charge is 0.228 e. The van der Waals surface area contributed by atoms with E-state index in [0.717, 1.165) is 22.3 Å². The molecule has 170 valence electrons. The average Bonchev–Trinajstić information content (AvgIpc) is 3.27. The zero-order valence-electron chi connectivity index (χ0n) is 19.4. The molecule has 1 N–H and O–H groups in total. The van der Waals surface area contributed by atoms with Gasteiger partial charge in [-0.3, -0.25) is 14.6 Å². The standard InChI is InChI=1S/C28H31N3O2/c1-3-30-27(33)28(18-23-6-4-7-24(16-23)25-8-5-14-29-19-25)13-15-31(20-28)26(32)17-22-11-9-21(2)10-12-22/h4-12,14,16,19H,3,13,15,17-18,20H2,1-2H3,(H,30,33)/t28-/m0/s1. The van der Waals surface area contributed by atoms with Gasteiger partial charge in [-0.05, 0) is 55.0 Å². The van der Waals surface area contributed by atoms with Gasteiger partial charge in [0.05, 0.1) is 11.8 Å². The van der Waals surface area contributed by atoms with E-state index in [-0.39, 0.29) is 11.8 Å². The van der Waals surface area contributed by atoms with Gasteiger partial charge in [0.1, 0.15) is 0 Å². The molecule has 5 heteroatoms. The van der Waals surface area contributed by atoms with Crippen LogP contribution >= 0.6 is 0 Å². The number of likely N-dealkylation sites (tertiary alicyclic amines) is 1. The summed E-state index contributed by atoms with van der Waals surface area (Å²) in [5, 5.41) is 3.02. The minimum atomic E-state index is -0.619. The van der Waals surface area contributed by atoms with E-state index in [2.05, 4.69) is 28.5 Å². The van der Waals surface area contributed by atoms with E-state index in [1.54, 1.807) is 6.20 Å². The van der Waals surface area contributed by atoms with Crippen molar-refractivity contribution in [3.05, 3.63) is 89.7 Å². The Morgan fingerprint density at radius 1 is 1.03 bits per heavy atom. The Bertz CT molecular complexity index is 1110. The summed E-state index contributed by atoms with van der Waals surface area (Å²) in [5.74, 6) is 0.108. The minimum Gasteiger partial charge on any atom is -0.356 e. The average molecular weight is 442 g/mol. The molecule has 1 fully saturated rings. The van der Waals surface area contributed by atoms with Gasteiger partial charge >= 0.3 is 0 Å². The summed E-state index contributed by atoms with van der Waals surface area (Å²) < 4.78 is 0. The van der Waals surface area contributed by atoms with Crippen LogP contribution in [0.1, 0.15) is 30.0 Å². The molecular weight excluding hydrogens is 410 g/mol. The van der Waals surface area contributed by atoms with E-state index in [4.69, 9.17) is 0 Å². The maximum Gasteiger partial charge on any atom is 0.228 e. The predicted molar refractivity (Wildman–Crippen MR) is 131 cm³/mol. The maximum atomic E-state index is 13.2. The third-order valence-electron chi connectivity index (χ3n) is 6.47. The first-order valence-corrected chi connectivity index (χ1v) is 11.6. The van der Waals surface area contributed by atoms with Crippen molar-refractivity contribution in [3.8, 4) is 11.1 Å². The molecular formula is C28H31N3O2. The molecule has 2 heterocycles. The number of pyridine rings is 1. The number of carbonyl (C=O) groups is 2. The van der Waals surface area contributed by atoms with E-state index in [0.29, 0.717) is 38.9 Å². The summed E-state index contributed by atoms with van der Waals surface area (Å²) in [6, 6.07) is 20.3. The lowest BCUT2D eigenvalue weighted by molar-refractivity contribution is -0.132. The number of amides is 2. The van der Waals surface area contributed by atoms with Gasteiger partial charge in [0.15, 0.2) is 0 Å². The van der Waals surface area contributed by atoms with Crippen LogP contribution in [0.5, 0.6) is 0 Å². The van der Waals surface area contributed by atoms with Gasteiger partial charge in [-0.2, -0.15) is 0 Å². The van der Waals surface area contributed by atoms with Gasteiger partial charge in [-0.15, -0.1) is 0 Å². The lowest BCUT2D eigenvalue weighted by Crippen LogP contribution is -2.45. The van der Waals surface area contributed by atoms with E-state index in [9.17, 15) is 9.59 Å². The normalized spacial score (nSPS) is 17.7.